The SMILES string of the molecule is O=C(N[C@@H]1C2CCN(CC2)[C@H]1Cc1cccnc1)Oc1ccccc1. The van der Waals surface area contributed by atoms with Gasteiger partial charge in [0, 0.05) is 18.4 Å². The summed E-state index contributed by atoms with van der Waals surface area (Å²) in [6.45, 7) is 2.23. The Bertz CT molecular complexity index is 699. The number of rotatable bonds is 4. The van der Waals surface area contributed by atoms with E-state index in [0.717, 1.165) is 32.4 Å². The number of amides is 1. The van der Waals surface area contributed by atoms with Crippen LogP contribution in [0.25, 0.3) is 0 Å². The van der Waals surface area contributed by atoms with E-state index in [2.05, 4.69) is 21.3 Å². The summed E-state index contributed by atoms with van der Waals surface area (Å²) in [4.78, 5) is 19.1. The Morgan fingerprint density at radius 2 is 1.96 bits per heavy atom. The summed E-state index contributed by atoms with van der Waals surface area (Å²) < 4.78 is 5.44. The normalized spacial score (nSPS) is 27.7. The van der Waals surface area contributed by atoms with Crippen molar-refractivity contribution in [2.24, 2.45) is 5.92 Å². The molecule has 130 valence electrons. The van der Waals surface area contributed by atoms with E-state index in [-0.39, 0.29) is 12.1 Å². The average molecular weight is 337 g/mol. The fourth-order valence-corrected chi connectivity index (χ4v) is 4.14. The lowest BCUT2D eigenvalue weighted by Crippen LogP contribution is -2.64. The molecule has 3 aliphatic heterocycles. The highest BCUT2D eigenvalue weighted by atomic mass is 16.6. The summed E-state index contributed by atoms with van der Waals surface area (Å²) in [6.07, 6.45) is 6.54. The number of hydrogen-bond acceptors (Lipinski definition) is 4. The molecule has 5 nitrogen and oxygen atoms in total. The van der Waals surface area contributed by atoms with Crippen molar-refractivity contribution < 1.29 is 9.53 Å². The molecule has 2 aromatic rings. The highest BCUT2D eigenvalue weighted by Gasteiger charge is 2.43. The summed E-state index contributed by atoms with van der Waals surface area (Å²) in [6, 6.07) is 13.7. The van der Waals surface area contributed by atoms with Gasteiger partial charge in [-0.3, -0.25) is 9.88 Å². The van der Waals surface area contributed by atoms with E-state index < -0.39 is 0 Å². The van der Waals surface area contributed by atoms with Gasteiger partial charge in [-0.1, -0.05) is 24.3 Å². The predicted molar refractivity (Wildman–Crippen MR) is 95.4 cm³/mol. The van der Waals surface area contributed by atoms with Crippen molar-refractivity contribution in [1.82, 2.24) is 15.2 Å². The van der Waals surface area contributed by atoms with Crippen LogP contribution < -0.4 is 10.1 Å². The molecule has 5 rings (SSSR count). The van der Waals surface area contributed by atoms with Gasteiger partial charge < -0.3 is 10.1 Å². The van der Waals surface area contributed by atoms with Crippen molar-refractivity contribution in [3.63, 3.8) is 0 Å². The fourth-order valence-electron chi connectivity index (χ4n) is 4.14. The number of aromatic nitrogens is 1. The third-order valence-electron chi connectivity index (χ3n) is 5.37. The number of pyridine rings is 1. The molecule has 0 saturated carbocycles. The van der Waals surface area contributed by atoms with Gasteiger partial charge in [0.25, 0.3) is 0 Å². The number of carbonyl (C=O) groups excluding carboxylic acids is 1. The number of nitrogens with one attached hydrogen (secondary N) is 1. The molecule has 2 bridgehead atoms. The second-order valence-electron chi connectivity index (χ2n) is 6.88. The first-order valence-corrected chi connectivity index (χ1v) is 8.96. The zero-order valence-electron chi connectivity index (χ0n) is 14.2. The first-order valence-electron chi connectivity index (χ1n) is 8.96. The Hall–Kier alpha value is -2.40. The quantitative estimate of drug-likeness (QED) is 0.932. The number of hydrogen-bond donors (Lipinski definition) is 1. The molecule has 1 aromatic heterocycles. The standard InChI is InChI=1S/C20H23N3O2/c24-20(25-17-6-2-1-3-7-17)22-19-16-8-11-23(12-9-16)18(19)13-15-5-4-10-21-14-15/h1-7,10,14,16,18-19H,8-9,11-13H2,(H,22,24)/t18-,19+/m0/s1. The van der Waals surface area contributed by atoms with Crippen molar-refractivity contribution in [1.29, 1.82) is 0 Å². The van der Waals surface area contributed by atoms with E-state index >= 15 is 0 Å². The predicted octanol–water partition coefficient (Wildman–Crippen LogP) is 2.88. The van der Waals surface area contributed by atoms with Gasteiger partial charge in [-0.25, -0.2) is 4.79 Å². The molecule has 1 amide bonds. The number of benzene rings is 1. The molecular formula is C20H23N3O2. The Labute approximate surface area is 148 Å². The van der Waals surface area contributed by atoms with Crippen molar-refractivity contribution in [2.75, 3.05) is 13.1 Å². The largest absolute Gasteiger partial charge is 0.412 e. The molecule has 1 aromatic carbocycles. The minimum Gasteiger partial charge on any atom is -0.410 e. The highest BCUT2D eigenvalue weighted by molar-refractivity contribution is 5.70. The van der Waals surface area contributed by atoms with Gasteiger partial charge in [0.15, 0.2) is 0 Å². The highest BCUT2D eigenvalue weighted by Crippen LogP contribution is 2.34. The van der Waals surface area contributed by atoms with Gasteiger partial charge in [-0.05, 0) is 62.0 Å². The molecule has 5 heteroatoms. The molecule has 25 heavy (non-hydrogen) atoms. The maximum atomic E-state index is 12.4. The summed E-state index contributed by atoms with van der Waals surface area (Å²) in [5.74, 6) is 1.10. The van der Waals surface area contributed by atoms with Crippen LogP contribution in [0.1, 0.15) is 18.4 Å². The Kier molecular flexibility index (Phi) is 4.65. The molecule has 0 spiro atoms. The minimum absolute atomic E-state index is 0.124. The number of ether oxygens (including phenoxy) is 1. The lowest BCUT2D eigenvalue weighted by atomic mass is 9.77. The molecule has 0 unspecified atom stereocenters. The van der Waals surface area contributed by atoms with Crippen LogP contribution in [0.5, 0.6) is 5.75 Å². The van der Waals surface area contributed by atoms with Crippen LogP contribution in [-0.2, 0) is 6.42 Å². The zero-order valence-corrected chi connectivity index (χ0v) is 14.2. The Morgan fingerprint density at radius 1 is 1.16 bits per heavy atom. The molecule has 1 N–H and O–H groups in total. The monoisotopic (exact) mass is 337 g/mol. The first kappa shape index (κ1) is 16.1. The third kappa shape index (κ3) is 3.66. The lowest BCUT2D eigenvalue weighted by Gasteiger charge is -2.51. The lowest BCUT2D eigenvalue weighted by molar-refractivity contribution is 0.0152. The van der Waals surface area contributed by atoms with E-state index in [9.17, 15) is 4.79 Å². The number of para-hydroxylation sites is 1. The average Bonchev–Trinajstić information content (AvgIpc) is 2.66. The topological polar surface area (TPSA) is 54.5 Å². The van der Waals surface area contributed by atoms with Crippen LogP contribution in [0.15, 0.2) is 54.9 Å². The van der Waals surface area contributed by atoms with Gasteiger partial charge in [-0.15, -0.1) is 0 Å². The van der Waals surface area contributed by atoms with E-state index in [1.807, 2.05) is 30.5 Å². The summed E-state index contributed by atoms with van der Waals surface area (Å²) in [5, 5.41) is 3.15. The second kappa shape index (κ2) is 7.23. The fraction of sp³-hybridized carbons (Fsp3) is 0.400. The molecule has 0 radical (unpaired) electrons. The van der Waals surface area contributed by atoms with E-state index in [1.54, 1.807) is 18.3 Å². The number of carbonyl (C=O) groups is 1. The van der Waals surface area contributed by atoms with Crippen LogP contribution in [0.4, 0.5) is 4.79 Å². The van der Waals surface area contributed by atoms with Crippen LogP contribution in [0, 0.1) is 5.92 Å². The van der Waals surface area contributed by atoms with Crippen LogP contribution in [0.2, 0.25) is 0 Å². The van der Waals surface area contributed by atoms with Crippen LogP contribution in [0.3, 0.4) is 0 Å². The zero-order chi connectivity index (χ0) is 17.1. The summed E-state index contributed by atoms with van der Waals surface area (Å²) in [7, 11) is 0. The number of piperidine rings is 3. The van der Waals surface area contributed by atoms with Crippen LogP contribution in [-0.4, -0.2) is 41.2 Å². The van der Waals surface area contributed by atoms with Crippen molar-refractivity contribution in [2.45, 2.75) is 31.3 Å². The molecule has 0 aliphatic carbocycles. The van der Waals surface area contributed by atoms with Crippen molar-refractivity contribution in [3.05, 3.63) is 60.4 Å². The molecule has 3 fully saturated rings. The molecule has 4 heterocycles. The van der Waals surface area contributed by atoms with Crippen molar-refractivity contribution in [3.8, 4) is 5.75 Å². The maximum absolute atomic E-state index is 12.4. The molecule has 3 saturated heterocycles. The van der Waals surface area contributed by atoms with E-state index in [1.165, 1.54) is 5.56 Å². The molecule has 2 atom stereocenters. The van der Waals surface area contributed by atoms with Gasteiger partial charge in [0.05, 0.1) is 6.04 Å². The van der Waals surface area contributed by atoms with Gasteiger partial charge >= 0.3 is 6.09 Å². The van der Waals surface area contributed by atoms with E-state index in [0.29, 0.717) is 17.7 Å². The first-order chi connectivity index (χ1) is 12.3. The Balaban J connectivity index is 1.46. The summed E-state index contributed by atoms with van der Waals surface area (Å²) in [5.41, 5.74) is 1.21. The minimum atomic E-state index is -0.360. The molecule has 3 aliphatic rings. The second-order valence-corrected chi connectivity index (χ2v) is 6.88. The van der Waals surface area contributed by atoms with Gasteiger partial charge in [-0.2, -0.15) is 0 Å². The molecular weight excluding hydrogens is 314 g/mol. The summed E-state index contributed by atoms with van der Waals surface area (Å²) >= 11 is 0. The van der Waals surface area contributed by atoms with Crippen molar-refractivity contribution >= 4 is 6.09 Å². The number of fused-ring (bicyclic) bond motifs is 3. The number of nitrogens with zero attached hydrogens (tertiary/aromatic N) is 2. The van der Waals surface area contributed by atoms with E-state index in [4.69, 9.17) is 4.74 Å². The van der Waals surface area contributed by atoms with Gasteiger partial charge in [0.2, 0.25) is 0 Å². The maximum Gasteiger partial charge on any atom is 0.412 e. The third-order valence-corrected chi connectivity index (χ3v) is 5.37. The van der Waals surface area contributed by atoms with Crippen LogP contribution >= 0.6 is 0 Å². The Morgan fingerprint density at radius 3 is 2.68 bits per heavy atom. The smallest absolute Gasteiger partial charge is 0.410 e. The van der Waals surface area contributed by atoms with Gasteiger partial charge in [0.1, 0.15) is 5.75 Å².